The first-order chi connectivity index (χ1) is 10.5. The molecule has 0 saturated heterocycles. The SMILES string of the molecule is Cc1ncn(-c2ccc(NC(=O)c3ccn(C)c3)cc2)c1C. The number of carbonyl (C=O) groups is 1. The Morgan fingerprint density at radius 3 is 2.41 bits per heavy atom. The number of hydrogen-bond donors (Lipinski definition) is 1. The first kappa shape index (κ1) is 14.1. The van der Waals surface area contributed by atoms with E-state index in [1.54, 1.807) is 12.3 Å². The predicted molar refractivity (Wildman–Crippen MR) is 86.4 cm³/mol. The van der Waals surface area contributed by atoms with Gasteiger partial charge in [0.15, 0.2) is 0 Å². The average molecular weight is 294 g/mol. The number of nitrogens with one attached hydrogen (secondary N) is 1. The second-order valence-corrected chi connectivity index (χ2v) is 5.35. The van der Waals surface area contributed by atoms with Gasteiger partial charge in [-0.15, -0.1) is 0 Å². The van der Waals surface area contributed by atoms with Crippen LogP contribution in [0, 0.1) is 13.8 Å². The monoisotopic (exact) mass is 294 g/mol. The highest BCUT2D eigenvalue weighted by atomic mass is 16.1. The lowest BCUT2D eigenvalue weighted by Crippen LogP contribution is -2.11. The minimum Gasteiger partial charge on any atom is -0.356 e. The molecule has 112 valence electrons. The number of nitrogens with zero attached hydrogens (tertiary/aromatic N) is 3. The van der Waals surface area contributed by atoms with Crippen LogP contribution in [0.15, 0.2) is 49.1 Å². The second-order valence-electron chi connectivity index (χ2n) is 5.35. The predicted octanol–water partition coefficient (Wildman–Crippen LogP) is 3.08. The first-order valence-electron chi connectivity index (χ1n) is 7.09. The van der Waals surface area contributed by atoms with E-state index < -0.39 is 0 Å². The van der Waals surface area contributed by atoms with Crippen molar-refractivity contribution in [2.45, 2.75) is 13.8 Å². The zero-order valence-corrected chi connectivity index (χ0v) is 12.9. The summed E-state index contributed by atoms with van der Waals surface area (Å²) in [4.78, 5) is 16.4. The van der Waals surface area contributed by atoms with E-state index in [2.05, 4.69) is 10.3 Å². The molecule has 22 heavy (non-hydrogen) atoms. The molecule has 0 saturated carbocycles. The summed E-state index contributed by atoms with van der Waals surface area (Å²) in [5.74, 6) is -0.108. The highest BCUT2D eigenvalue weighted by Crippen LogP contribution is 2.17. The van der Waals surface area contributed by atoms with Crippen LogP contribution in [0.5, 0.6) is 0 Å². The van der Waals surface area contributed by atoms with Gasteiger partial charge in [0, 0.05) is 36.5 Å². The van der Waals surface area contributed by atoms with Gasteiger partial charge >= 0.3 is 0 Å². The van der Waals surface area contributed by atoms with Crippen LogP contribution in [0.25, 0.3) is 5.69 Å². The van der Waals surface area contributed by atoms with Gasteiger partial charge in [-0.1, -0.05) is 0 Å². The fourth-order valence-corrected chi connectivity index (χ4v) is 2.31. The van der Waals surface area contributed by atoms with E-state index >= 15 is 0 Å². The number of anilines is 1. The molecule has 5 heteroatoms. The van der Waals surface area contributed by atoms with Crippen molar-refractivity contribution in [2.24, 2.45) is 7.05 Å². The molecule has 0 fully saturated rings. The number of rotatable bonds is 3. The number of benzene rings is 1. The van der Waals surface area contributed by atoms with Gasteiger partial charge < -0.3 is 14.5 Å². The number of hydrogen-bond acceptors (Lipinski definition) is 2. The van der Waals surface area contributed by atoms with E-state index in [1.165, 1.54) is 0 Å². The number of amides is 1. The van der Waals surface area contributed by atoms with Crippen LogP contribution in [0.4, 0.5) is 5.69 Å². The molecule has 0 aliphatic carbocycles. The van der Waals surface area contributed by atoms with Crippen molar-refractivity contribution >= 4 is 11.6 Å². The lowest BCUT2D eigenvalue weighted by atomic mass is 10.2. The van der Waals surface area contributed by atoms with Gasteiger partial charge in [-0.25, -0.2) is 4.98 Å². The van der Waals surface area contributed by atoms with Crippen molar-refractivity contribution in [2.75, 3.05) is 5.32 Å². The molecule has 0 unspecified atom stereocenters. The molecule has 0 aliphatic rings. The third kappa shape index (κ3) is 2.65. The van der Waals surface area contributed by atoms with Crippen LogP contribution in [-0.2, 0) is 7.05 Å². The van der Waals surface area contributed by atoms with Gasteiger partial charge in [-0.3, -0.25) is 4.79 Å². The van der Waals surface area contributed by atoms with Crippen LogP contribution in [0.1, 0.15) is 21.7 Å². The van der Waals surface area contributed by atoms with Crippen LogP contribution in [0.3, 0.4) is 0 Å². The molecule has 1 aromatic carbocycles. The van der Waals surface area contributed by atoms with Crippen molar-refractivity contribution in [3.63, 3.8) is 0 Å². The van der Waals surface area contributed by atoms with E-state index in [0.29, 0.717) is 5.56 Å². The molecular formula is C17H18N4O. The molecule has 2 aromatic heterocycles. The highest BCUT2D eigenvalue weighted by Gasteiger charge is 2.08. The van der Waals surface area contributed by atoms with Crippen LogP contribution < -0.4 is 5.32 Å². The molecule has 1 amide bonds. The lowest BCUT2D eigenvalue weighted by molar-refractivity contribution is 0.102. The van der Waals surface area contributed by atoms with E-state index in [1.807, 2.05) is 66.8 Å². The lowest BCUT2D eigenvalue weighted by Gasteiger charge is -2.08. The van der Waals surface area contributed by atoms with Gasteiger partial charge in [-0.2, -0.15) is 0 Å². The summed E-state index contributed by atoms with van der Waals surface area (Å²) in [5, 5.41) is 2.89. The van der Waals surface area contributed by atoms with E-state index in [0.717, 1.165) is 22.8 Å². The van der Waals surface area contributed by atoms with Crippen molar-refractivity contribution in [3.8, 4) is 5.69 Å². The summed E-state index contributed by atoms with van der Waals surface area (Å²) in [6.45, 7) is 4.02. The highest BCUT2D eigenvalue weighted by molar-refractivity contribution is 6.04. The van der Waals surface area contributed by atoms with E-state index in [-0.39, 0.29) is 5.91 Å². The smallest absolute Gasteiger partial charge is 0.257 e. The van der Waals surface area contributed by atoms with Crippen molar-refractivity contribution in [1.29, 1.82) is 0 Å². The zero-order chi connectivity index (χ0) is 15.7. The molecule has 0 bridgehead atoms. The molecule has 0 radical (unpaired) electrons. The largest absolute Gasteiger partial charge is 0.356 e. The molecule has 1 N–H and O–H groups in total. The minimum atomic E-state index is -0.108. The number of aryl methyl sites for hydroxylation is 2. The minimum absolute atomic E-state index is 0.108. The third-order valence-electron chi connectivity index (χ3n) is 3.75. The maximum Gasteiger partial charge on any atom is 0.257 e. The molecule has 0 atom stereocenters. The van der Waals surface area contributed by atoms with Crippen LogP contribution >= 0.6 is 0 Å². The Hall–Kier alpha value is -2.82. The van der Waals surface area contributed by atoms with Crippen LogP contribution in [-0.4, -0.2) is 20.0 Å². The van der Waals surface area contributed by atoms with E-state index in [4.69, 9.17) is 0 Å². The normalized spacial score (nSPS) is 10.7. The third-order valence-corrected chi connectivity index (χ3v) is 3.75. The summed E-state index contributed by atoms with van der Waals surface area (Å²) in [7, 11) is 1.89. The van der Waals surface area contributed by atoms with Gasteiger partial charge in [-0.05, 0) is 44.2 Å². The summed E-state index contributed by atoms with van der Waals surface area (Å²) in [5.41, 5.74) is 4.57. The Bertz CT molecular complexity index is 812. The fourth-order valence-electron chi connectivity index (χ4n) is 2.31. The number of imidazole rings is 1. The maximum atomic E-state index is 12.1. The molecule has 5 nitrogen and oxygen atoms in total. The number of aromatic nitrogens is 3. The van der Waals surface area contributed by atoms with Crippen molar-refractivity contribution in [3.05, 3.63) is 66.0 Å². The Labute approximate surface area is 129 Å². The van der Waals surface area contributed by atoms with Crippen LogP contribution in [0.2, 0.25) is 0 Å². The molecule has 2 heterocycles. The Balaban J connectivity index is 1.77. The van der Waals surface area contributed by atoms with Crippen molar-refractivity contribution in [1.82, 2.24) is 14.1 Å². The quantitative estimate of drug-likeness (QED) is 0.807. The molecule has 3 rings (SSSR count). The Morgan fingerprint density at radius 1 is 1.14 bits per heavy atom. The zero-order valence-electron chi connectivity index (χ0n) is 12.9. The number of carbonyl (C=O) groups excluding carboxylic acids is 1. The topological polar surface area (TPSA) is 51.9 Å². The summed E-state index contributed by atoms with van der Waals surface area (Å²) in [6.07, 6.45) is 5.45. The summed E-state index contributed by atoms with van der Waals surface area (Å²) < 4.78 is 3.88. The molecule has 3 aromatic rings. The molecule has 0 spiro atoms. The average Bonchev–Trinajstić information content (AvgIpc) is 3.08. The fraction of sp³-hybridized carbons (Fsp3) is 0.176. The van der Waals surface area contributed by atoms with Gasteiger partial charge in [0.25, 0.3) is 5.91 Å². The maximum absolute atomic E-state index is 12.1. The standard InChI is InChI=1S/C17H18N4O/c1-12-13(2)21(11-18-12)16-6-4-15(5-7-16)19-17(22)14-8-9-20(3)10-14/h4-11H,1-3H3,(H,19,22). The van der Waals surface area contributed by atoms with E-state index in [9.17, 15) is 4.79 Å². The van der Waals surface area contributed by atoms with Crippen molar-refractivity contribution < 1.29 is 4.79 Å². The Kier molecular flexibility index (Phi) is 3.55. The summed E-state index contributed by atoms with van der Waals surface area (Å²) in [6, 6.07) is 9.51. The van der Waals surface area contributed by atoms with Gasteiger partial charge in [0.1, 0.15) is 0 Å². The Morgan fingerprint density at radius 2 is 1.86 bits per heavy atom. The second kappa shape index (κ2) is 5.52. The first-order valence-corrected chi connectivity index (χ1v) is 7.09. The molecular weight excluding hydrogens is 276 g/mol. The molecule has 0 aliphatic heterocycles. The van der Waals surface area contributed by atoms with Gasteiger partial charge in [0.05, 0.1) is 17.6 Å². The summed E-state index contributed by atoms with van der Waals surface area (Å²) >= 11 is 0. The van der Waals surface area contributed by atoms with Gasteiger partial charge in [0.2, 0.25) is 0 Å².